The highest BCUT2D eigenvalue weighted by molar-refractivity contribution is 7.17. The first-order valence-electron chi connectivity index (χ1n) is 7.12. The lowest BCUT2D eigenvalue weighted by Gasteiger charge is -2.11. The minimum absolute atomic E-state index is 0.0310. The van der Waals surface area contributed by atoms with Gasteiger partial charge in [0.1, 0.15) is 21.3 Å². The minimum atomic E-state index is -4.52. The van der Waals surface area contributed by atoms with E-state index in [-0.39, 0.29) is 29.5 Å². The number of thiazole rings is 1. The molecule has 0 atom stereocenters. The Kier molecular flexibility index (Phi) is 5.43. The summed E-state index contributed by atoms with van der Waals surface area (Å²) in [5.41, 5.74) is -0.320. The Balaban J connectivity index is 2.48. The minimum Gasteiger partial charge on any atom is -0.491 e. The topological polar surface area (TPSA) is 61.3 Å². The molecule has 2 aromatic rings. The molecule has 0 bridgehead atoms. The summed E-state index contributed by atoms with van der Waals surface area (Å²) in [5, 5.41) is 0.299. The van der Waals surface area contributed by atoms with Crippen LogP contribution in [0.2, 0.25) is 0 Å². The first-order chi connectivity index (χ1) is 11.3. The largest absolute Gasteiger partial charge is 0.491 e. The Morgan fingerprint density at radius 1 is 1.29 bits per heavy atom. The predicted octanol–water partition coefficient (Wildman–Crippen LogP) is 4.11. The van der Waals surface area contributed by atoms with E-state index in [9.17, 15) is 18.0 Å². The Labute approximate surface area is 140 Å². The zero-order valence-electron chi connectivity index (χ0n) is 13.2. The first kappa shape index (κ1) is 18.2. The van der Waals surface area contributed by atoms with Gasteiger partial charge in [-0.15, -0.1) is 11.3 Å². The number of esters is 1. The van der Waals surface area contributed by atoms with Crippen LogP contribution in [0.15, 0.2) is 12.3 Å². The number of carbonyl (C=O) groups excluding carboxylic acids is 1. The number of nitrogens with zero attached hydrogens (tertiary/aromatic N) is 2. The van der Waals surface area contributed by atoms with Crippen LogP contribution in [0, 0.1) is 6.92 Å². The summed E-state index contributed by atoms with van der Waals surface area (Å²) in [6.45, 7) is 5.34. The number of aryl methyl sites for hydroxylation is 1. The van der Waals surface area contributed by atoms with Crippen LogP contribution in [0.1, 0.15) is 34.8 Å². The van der Waals surface area contributed by atoms with Crippen molar-refractivity contribution in [1.29, 1.82) is 0 Å². The van der Waals surface area contributed by atoms with Gasteiger partial charge < -0.3 is 9.47 Å². The highest BCUT2D eigenvalue weighted by Crippen LogP contribution is 2.37. The fourth-order valence-corrected chi connectivity index (χ4v) is 2.87. The Hall–Kier alpha value is -2.16. The molecular weight excluding hydrogens is 345 g/mol. The maximum absolute atomic E-state index is 12.8. The number of halogens is 3. The molecule has 0 radical (unpaired) electrons. The van der Waals surface area contributed by atoms with Gasteiger partial charge in [-0.3, -0.25) is 0 Å². The molecule has 0 saturated heterocycles. The van der Waals surface area contributed by atoms with E-state index in [0.717, 1.165) is 23.6 Å². The van der Waals surface area contributed by atoms with Crippen molar-refractivity contribution in [2.75, 3.05) is 13.2 Å². The van der Waals surface area contributed by atoms with Gasteiger partial charge in [0.15, 0.2) is 0 Å². The van der Waals surface area contributed by atoms with Crippen molar-refractivity contribution in [2.45, 2.75) is 26.9 Å². The molecule has 130 valence electrons. The monoisotopic (exact) mass is 360 g/mol. The molecule has 0 N–H and O–H groups in total. The van der Waals surface area contributed by atoms with Gasteiger partial charge in [0.2, 0.25) is 0 Å². The number of hydrogen-bond donors (Lipinski definition) is 0. The molecule has 0 aromatic carbocycles. The number of hydrogen-bond acceptors (Lipinski definition) is 6. The highest BCUT2D eigenvalue weighted by atomic mass is 32.1. The van der Waals surface area contributed by atoms with Crippen molar-refractivity contribution >= 4 is 17.3 Å². The second-order valence-electron chi connectivity index (χ2n) is 4.66. The molecule has 0 spiro atoms. The molecular formula is C15H15F3N2O3S. The van der Waals surface area contributed by atoms with Crippen molar-refractivity contribution in [3.8, 4) is 16.5 Å². The summed E-state index contributed by atoms with van der Waals surface area (Å²) in [7, 11) is 0. The van der Waals surface area contributed by atoms with Gasteiger partial charge in [0.05, 0.1) is 24.5 Å². The van der Waals surface area contributed by atoms with E-state index in [1.807, 2.05) is 0 Å². The molecule has 0 saturated carbocycles. The lowest BCUT2D eigenvalue weighted by atomic mass is 10.2. The molecule has 2 rings (SSSR count). The van der Waals surface area contributed by atoms with Crippen LogP contribution in [-0.4, -0.2) is 29.2 Å². The zero-order valence-corrected chi connectivity index (χ0v) is 14.0. The number of rotatable bonds is 5. The zero-order chi connectivity index (χ0) is 17.9. The number of ether oxygens (including phenoxy) is 2. The second-order valence-corrected chi connectivity index (χ2v) is 5.65. The number of aromatic nitrogens is 2. The fraction of sp³-hybridized carbons (Fsp3) is 0.400. The van der Waals surface area contributed by atoms with Crippen LogP contribution in [0.4, 0.5) is 13.2 Å². The van der Waals surface area contributed by atoms with E-state index in [4.69, 9.17) is 9.47 Å². The van der Waals surface area contributed by atoms with Gasteiger partial charge in [-0.1, -0.05) is 0 Å². The van der Waals surface area contributed by atoms with Crippen LogP contribution in [-0.2, 0) is 10.9 Å². The van der Waals surface area contributed by atoms with Crippen LogP contribution >= 0.6 is 11.3 Å². The van der Waals surface area contributed by atoms with Crippen molar-refractivity contribution in [1.82, 2.24) is 9.97 Å². The molecule has 0 fully saturated rings. The van der Waals surface area contributed by atoms with Crippen LogP contribution in [0.3, 0.4) is 0 Å². The Bertz CT molecular complexity index is 744. The molecule has 0 aliphatic heterocycles. The van der Waals surface area contributed by atoms with Gasteiger partial charge in [0, 0.05) is 6.20 Å². The van der Waals surface area contributed by atoms with E-state index < -0.39 is 17.7 Å². The van der Waals surface area contributed by atoms with Crippen molar-refractivity contribution in [3.63, 3.8) is 0 Å². The van der Waals surface area contributed by atoms with Crippen molar-refractivity contribution in [3.05, 3.63) is 28.4 Å². The third-order valence-electron chi connectivity index (χ3n) is 2.94. The maximum Gasteiger partial charge on any atom is 0.418 e. The third kappa shape index (κ3) is 3.84. The normalized spacial score (nSPS) is 11.4. The molecule has 0 aliphatic carbocycles. The fourth-order valence-electron chi connectivity index (χ4n) is 1.91. The smallest absolute Gasteiger partial charge is 0.418 e. The summed E-state index contributed by atoms with van der Waals surface area (Å²) < 4.78 is 48.7. The van der Waals surface area contributed by atoms with E-state index in [1.165, 1.54) is 0 Å². The van der Waals surface area contributed by atoms with Crippen LogP contribution in [0.5, 0.6) is 5.75 Å². The molecule has 0 aliphatic rings. The van der Waals surface area contributed by atoms with Crippen molar-refractivity contribution < 1.29 is 27.4 Å². The van der Waals surface area contributed by atoms with E-state index in [1.54, 1.807) is 20.8 Å². The molecule has 2 heterocycles. The SMILES string of the molecule is CCOC(=O)c1sc(-c2ncc(C(F)(F)F)cc2OCC)nc1C. The first-order valence-corrected chi connectivity index (χ1v) is 7.94. The van der Waals surface area contributed by atoms with Gasteiger partial charge in [-0.05, 0) is 26.8 Å². The number of alkyl halides is 3. The van der Waals surface area contributed by atoms with E-state index >= 15 is 0 Å². The lowest BCUT2D eigenvalue weighted by Crippen LogP contribution is -2.07. The summed E-state index contributed by atoms with van der Waals surface area (Å²) in [4.78, 5) is 20.2. The van der Waals surface area contributed by atoms with Gasteiger partial charge in [-0.2, -0.15) is 13.2 Å². The van der Waals surface area contributed by atoms with E-state index in [0.29, 0.717) is 10.7 Å². The van der Waals surface area contributed by atoms with Gasteiger partial charge >= 0.3 is 12.1 Å². The van der Waals surface area contributed by atoms with Gasteiger partial charge in [-0.25, -0.2) is 14.8 Å². The molecule has 9 heteroatoms. The second kappa shape index (κ2) is 7.16. The van der Waals surface area contributed by atoms with Crippen LogP contribution in [0.25, 0.3) is 10.7 Å². The number of pyridine rings is 1. The Morgan fingerprint density at radius 3 is 2.58 bits per heavy atom. The average Bonchev–Trinajstić information content (AvgIpc) is 2.88. The summed E-state index contributed by atoms with van der Waals surface area (Å²) in [5.74, 6) is -0.555. The average molecular weight is 360 g/mol. The summed E-state index contributed by atoms with van der Waals surface area (Å²) in [6.07, 6.45) is -3.80. The molecule has 0 amide bonds. The standard InChI is InChI=1S/C15H15F3N2O3S/c1-4-22-10-6-9(15(16,17)18)7-19-11(10)13-20-8(3)12(24-13)14(21)23-5-2/h6-7H,4-5H2,1-3H3. The molecule has 0 unspecified atom stereocenters. The molecule has 24 heavy (non-hydrogen) atoms. The molecule has 5 nitrogen and oxygen atoms in total. The van der Waals surface area contributed by atoms with Crippen LogP contribution < -0.4 is 4.74 Å². The summed E-state index contributed by atoms with van der Waals surface area (Å²) >= 11 is 1.00. The van der Waals surface area contributed by atoms with E-state index in [2.05, 4.69) is 9.97 Å². The third-order valence-corrected chi connectivity index (χ3v) is 4.08. The maximum atomic E-state index is 12.8. The predicted molar refractivity (Wildman–Crippen MR) is 82.2 cm³/mol. The Morgan fingerprint density at radius 2 is 2.00 bits per heavy atom. The lowest BCUT2D eigenvalue weighted by molar-refractivity contribution is -0.137. The summed E-state index contributed by atoms with van der Waals surface area (Å²) in [6, 6.07) is 0.882. The van der Waals surface area contributed by atoms with Gasteiger partial charge in [0.25, 0.3) is 0 Å². The molecule has 2 aromatic heterocycles. The number of carbonyl (C=O) groups is 1. The van der Waals surface area contributed by atoms with Crippen molar-refractivity contribution in [2.24, 2.45) is 0 Å². The quantitative estimate of drug-likeness (QED) is 0.751. The highest BCUT2D eigenvalue weighted by Gasteiger charge is 2.32.